The van der Waals surface area contributed by atoms with Crippen molar-refractivity contribution in [1.29, 1.82) is 0 Å². The second-order valence-electron chi connectivity index (χ2n) is 10.9. The number of esters is 1. The molecule has 0 fully saturated rings. The minimum absolute atomic E-state index is 0.270. The number of carbonyl (C=O) groups excluding carboxylic acids is 1. The Morgan fingerprint density at radius 1 is 0.896 bits per heavy atom. The van der Waals surface area contributed by atoms with Crippen molar-refractivity contribution in [2.75, 3.05) is 19.8 Å². The summed E-state index contributed by atoms with van der Waals surface area (Å²) in [4.78, 5) is 33.0. The van der Waals surface area contributed by atoms with Crippen LogP contribution in [0.25, 0.3) is 6.08 Å². The number of aromatic nitrogens is 1. The zero-order valence-electron chi connectivity index (χ0n) is 26.6. The molecule has 0 N–H and O–H groups in total. The van der Waals surface area contributed by atoms with Gasteiger partial charge < -0.3 is 18.9 Å². The Morgan fingerprint density at radius 3 is 2.31 bits per heavy atom. The smallest absolute Gasteiger partial charge is 0.343 e. The highest BCUT2D eigenvalue weighted by Gasteiger charge is 2.33. The van der Waals surface area contributed by atoms with Crippen LogP contribution in [0.4, 0.5) is 0 Å². The first-order valence-electron chi connectivity index (χ1n) is 15.5. The van der Waals surface area contributed by atoms with Gasteiger partial charge in [0.1, 0.15) is 24.7 Å². The molecule has 1 aliphatic rings. The van der Waals surface area contributed by atoms with E-state index in [0.717, 1.165) is 22.4 Å². The quantitative estimate of drug-likeness (QED) is 0.0850. The normalized spacial score (nSPS) is 14.2. The van der Waals surface area contributed by atoms with Crippen LogP contribution in [0.5, 0.6) is 23.0 Å². The van der Waals surface area contributed by atoms with Gasteiger partial charge in [0.15, 0.2) is 16.3 Å². The Labute approximate surface area is 290 Å². The number of para-hydroxylation sites is 2. The molecule has 0 saturated heterocycles. The first-order chi connectivity index (χ1) is 23.3. The number of aryl methyl sites for hydroxylation is 1. The fourth-order valence-electron chi connectivity index (χ4n) is 5.42. The van der Waals surface area contributed by atoms with Gasteiger partial charge in [0.2, 0.25) is 0 Å². The van der Waals surface area contributed by atoms with Gasteiger partial charge in [-0.2, -0.15) is 0 Å². The highest BCUT2D eigenvalue weighted by Crippen LogP contribution is 2.37. The van der Waals surface area contributed by atoms with E-state index in [2.05, 4.69) is 15.9 Å². The molecule has 2 heterocycles. The molecule has 0 aliphatic carbocycles. The molecule has 0 bridgehead atoms. The Kier molecular flexibility index (Phi) is 10.2. The maximum absolute atomic E-state index is 14.1. The third-order valence-electron chi connectivity index (χ3n) is 7.62. The van der Waals surface area contributed by atoms with Gasteiger partial charge in [-0.1, -0.05) is 78.1 Å². The fraction of sp³-hybridized carbons (Fsp3) is 0.184. The Balaban J connectivity index is 1.33. The van der Waals surface area contributed by atoms with Crippen molar-refractivity contribution < 1.29 is 23.7 Å². The number of fused-ring (bicyclic) bond motifs is 1. The summed E-state index contributed by atoms with van der Waals surface area (Å²) in [6.45, 7) is 6.75. The van der Waals surface area contributed by atoms with Crippen LogP contribution in [0.3, 0.4) is 0 Å². The lowest BCUT2D eigenvalue weighted by atomic mass is 9.96. The van der Waals surface area contributed by atoms with Crippen LogP contribution < -0.4 is 33.8 Å². The predicted molar refractivity (Wildman–Crippen MR) is 190 cm³/mol. The molecule has 0 radical (unpaired) electrons. The van der Waals surface area contributed by atoms with E-state index in [1.54, 1.807) is 41.8 Å². The van der Waals surface area contributed by atoms with Gasteiger partial charge in [-0.3, -0.25) is 9.36 Å². The number of benzene rings is 4. The third-order valence-corrected chi connectivity index (χ3v) is 9.19. The van der Waals surface area contributed by atoms with Gasteiger partial charge in [-0.25, -0.2) is 9.79 Å². The molecule has 1 atom stereocenters. The summed E-state index contributed by atoms with van der Waals surface area (Å²) in [5, 5.41) is 0. The molecule has 8 nitrogen and oxygen atoms in total. The molecule has 1 aliphatic heterocycles. The SMILES string of the molecule is CCOc1cc(C=c2sc3n(c2=O)C(c2ccccc2)C(C(=O)Oc2ccccc2)=C(C)N=3)cc(Br)c1OCCOc1ccccc1C. The van der Waals surface area contributed by atoms with E-state index >= 15 is 0 Å². The monoisotopic (exact) mass is 724 g/mol. The lowest BCUT2D eigenvalue weighted by molar-refractivity contribution is -0.130. The highest BCUT2D eigenvalue weighted by atomic mass is 79.9. The van der Waals surface area contributed by atoms with E-state index in [-0.39, 0.29) is 5.56 Å². The van der Waals surface area contributed by atoms with Crippen molar-refractivity contribution >= 4 is 39.3 Å². The molecule has 1 aromatic heterocycles. The molecule has 244 valence electrons. The summed E-state index contributed by atoms with van der Waals surface area (Å²) in [5.74, 6) is 1.74. The van der Waals surface area contributed by atoms with Gasteiger partial charge in [-0.05, 0) is 89.8 Å². The van der Waals surface area contributed by atoms with Gasteiger partial charge in [0.25, 0.3) is 5.56 Å². The molecule has 0 spiro atoms. The van der Waals surface area contributed by atoms with Gasteiger partial charge >= 0.3 is 5.97 Å². The van der Waals surface area contributed by atoms with E-state index in [4.69, 9.17) is 23.9 Å². The van der Waals surface area contributed by atoms with Gasteiger partial charge in [0, 0.05) is 0 Å². The number of allylic oxidation sites excluding steroid dienone is 1. The Morgan fingerprint density at radius 2 is 1.58 bits per heavy atom. The van der Waals surface area contributed by atoms with Crippen LogP contribution in [-0.2, 0) is 4.79 Å². The molecule has 48 heavy (non-hydrogen) atoms. The van der Waals surface area contributed by atoms with Crippen molar-refractivity contribution in [2.24, 2.45) is 4.99 Å². The molecule has 5 aromatic rings. The minimum atomic E-state index is -0.718. The van der Waals surface area contributed by atoms with E-state index < -0.39 is 12.0 Å². The number of thiazole rings is 1. The van der Waals surface area contributed by atoms with Crippen LogP contribution in [0.1, 0.15) is 36.6 Å². The lowest BCUT2D eigenvalue weighted by Crippen LogP contribution is -2.40. The number of rotatable bonds is 11. The number of nitrogens with zero attached hydrogens (tertiary/aromatic N) is 2. The minimum Gasteiger partial charge on any atom is -0.490 e. The average molecular weight is 726 g/mol. The topological polar surface area (TPSA) is 88.4 Å². The molecule has 0 amide bonds. The van der Waals surface area contributed by atoms with E-state index in [9.17, 15) is 9.59 Å². The third kappa shape index (κ3) is 7.14. The van der Waals surface area contributed by atoms with Crippen molar-refractivity contribution in [2.45, 2.75) is 26.8 Å². The van der Waals surface area contributed by atoms with E-state index in [0.29, 0.717) is 62.1 Å². The van der Waals surface area contributed by atoms with E-state index in [1.807, 2.05) is 86.6 Å². The second-order valence-corrected chi connectivity index (χ2v) is 12.8. The number of carbonyl (C=O) groups is 1. The largest absolute Gasteiger partial charge is 0.490 e. The van der Waals surface area contributed by atoms with E-state index in [1.165, 1.54) is 11.3 Å². The molecule has 6 rings (SSSR count). The zero-order valence-corrected chi connectivity index (χ0v) is 29.0. The van der Waals surface area contributed by atoms with Crippen molar-refractivity contribution in [1.82, 2.24) is 4.57 Å². The van der Waals surface area contributed by atoms with Crippen molar-refractivity contribution in [3.63, 3.8) is 0 Å². The maximum Gasteiger partial charge on any atom is 0.343 e. The summed E-state index contributed by atoms with van der Waals surface area (Å²) >= 11 is 4.90. The summed E-state index contributed by atoms with van der Waals surface area (Å²) in [6.07, 6.45) is 1.80. The molecule has 10 heteroatoms. The summed E-state index contributed by atoms with van der Waals surface area (Å²) in [7, 11) is 0. The standard InChI is InChI=1S/C38H33BrN2O6S/c1-4-44-31-22-26(21-29(39)35(31)46-20-19-45-30-18-12-11-13-24(30)2)23-32-36(42)41-34(27-14-7-5-8-15-27)33(25(3)40-38(41)48-32)37(43)47-28-16-9-6-10-17-28/h5-18,21-23,34H,4,19-20H2,1-3H3. The first-order valence-corrected chi connectivity index (χ1v) is 17.1. The molecular formula is C38H33BrN2O6S. The predicted octanol–water partition coefficient (Wildman–Crippen LogP) is 6.77. The Hall–Kier alpha value is -4.93. The van der Waals surface area contributed by atoms with Crippen LogP contribution in [0, 0.1) is 6.92 Å². The van der Waals surface area contributed by atoms with Crippen LogP contribution in [0.15, 0.2) is 123 Å². The zero-order chi connectivity index (χ0) is 33.6. The molecule has 1 unspecified atom stereocenters. The van der Waals surface area contributed by atoms with Gasteiger partial charge in [0.05, 0.1) is 32.9 Å². The average Bonchev–Trinajstić information content (AvgIpc) is 3.38. The summed E-state index contributed by atoms with van der Waals surface area (Å²) in [5.41, 5.74) is 3.08. The number of hydrogen-bond acceptors (Lipinski definition) is 8. The second kappa shape index (κ2) is 14.9. The maximum atomic E-state index is 14.1. The van der Waals surface area contributed by atoms with Crippen LogP contribution >= 0.6 is 27.3 Å². The summed E-state index contributed by atoms with van der Waals surface area (Å²) in [6, 6.07) is 29.1. The first kappa shape index (κ1) is 33.0. The Bertz CT molecular complexity index is 2160. The number of hydrogen-bond donors (Lipinski definition) is 0. The number of ether oxygens (including phenoxy) is 4. The lowest BCUT2D eigenvalue weighted by Gasteiger charge is -2.24. The van der Waals surface area contributed by atoms with Crippen molar-refractivity contribution in [3.8, 4) is 23.0 Å². The molecule has 4 aromatic carbocycles. The highest BCUT2D eigenvalue weighted by molar-refractivity contribution is 9.10. The molecular weight excluding hydrogens is 692 g/mol. The van der Waals surface area contributed by atoms with Gasteiger partial charge in [-0.15, -0.1) is 0 Å². The summed E-state index contributed by atoms with van der Waals surface area (Å²) < 4.78 is 26.4. The molecule has 0 saturated carbocycles. The van der Waals surface area contributed by atoms with Crippen molar-refractivity contribution in [3.05, 3.63) is 149 Å². The fourth-order valence-corrected chi connectivity index (χ4v) is 7.04. The van der Waals surface area contributed by atoms with Crippen LogP contribution in [-0.4, -0.2) is 30.4 Å². The van der Waals surface area contributed by atoms with Crippen LogP contribution in [0.2, 0.25) is 0 Å². The number of halogens is 1.